The average Bonchev–Trinajstić information content (AvgIpc) is 2.95. The molecular weight excluding hydrogens is 326 g/mol. The molecule has 5 heteroatoms. The Morgan fingerprint density at radius 2 is 1.58 bits per heavy atom. The summed E-state index contributed by atoms with van der Waals surface area (Å²) < 4.78 is 13.9. The molecule has 0 saturated heterocycles. The molecule has 0 bridgehead atoms. The van der Waals surface area contributed by atoms with E-state index >= 15 is 0 Å². The molecule has 134 valence electrons. The van der Waals surface area contributed by atoms with Crippen molar-refractivity contribution in [2.75, 3.05) is 13.2 Å². The second kappa shape index (κ2) is 6.48. The van der Waals surface area contributed by atoms with Gasteiger partial charge in [0.2, 0.25) is 11.8 Å². The van der Waals surface area contributed by atoms with Crippen molar-refractivity contribution in [3.8, 4) is 11.8 Å². The number of fused-ring (bicyclic) bond motifs is 4. The van der Waals surface area contributed by atoms with E-state index in [-0.39, 0.29) is 0 Å². The van der Waals surface area contributed by atoms with Gasteiger partial charge in [-0.15, -0.1) is 10.2 Å². The van der Waals surface area contributed by atoms with Crippen molar-refractivity contribution in [1.82, 2.24) is 14.8 Å². The minimum absolute atomic E-state index is 0.548. The summed E-state index contributed by atoms with van der Waals surface area (Å²) in [5.41, 5.74) is 3.65. The molecule has 2 heterocycles. The first kappa shape index (κ1) is 16.6. The lowest BCUT2D eigenvalue weighted by atomic mass is 9.99. The monoisotopic (exact) mass is 349 g/mol. The molecule has 0 saturated carbocycles. The van der Waals surface area contributed by atoms with Crippen LogP contribution in [0.25, 0.3) is 32.6 Å². The molecule has 2 aromatic heterocycles. The van der Waals surface area contributed by atoms with E-state index in [0.717, 1.165) is 17.2 Å². The van der Waals surface area contributed by atoms with Gasteiger partial charge in [0.1, 0.15) is 0 Å². The Labute approximate surface area is 152 Å². The summed E-state index contributed by atoms with van der Waals surface area (Å²) in [6.07, 6.45) is 0.870. The number of nitrogens with zero attached hydrogens (tertiary/aromatic N) is 3. The topological polar surface area (TPSA) is 49.2 Å². The molecule has 0 atom stereocenters. The number of benzene rings is 2. The Morgan fingerprint density at radius 3 is 2.31 bits per heavy atom. The van der Waals surface area contributed by atoms with Gasteiger partial charge in [0, 0.05) is 23.3 Å². The Kier molecular flexibility index (Phi) is 4.15. The summed E-state index contributed by atoms with van der Waals surface area (Å²) in [5.74, 6) is 1.14. The van der Waals surface area contributed by atoms with Crippen LogP contribution in [-0.4, -0.2) is 28.0 Å². The molecule has 0 aliphatic heterocycles. The standard InChI is InChI=1S/C21H23N3O2/c1-5-13-18-16(20(25-6-2)22-23-21(18)26-7-3)12-15-14-10-8-9-11-17(14)24(4)19(13)15/h8-12H,5-7H2,1-4H3. The normalized spacial score (nSPS) is 11.5. The van der Waals surface area contributed by atoms with E-state index in [0.29, 0.717) is 25.0 Å². The van der Waals surface area contributed by atoms with E-state index in [1.165, 1.54) is 27.4 Å². The first-order valence-electron chi connectivity index (χ1n) is 9.16. The molecule has 0 fully saturated rings. The fourth-order valence-electron chi connectivity index (χ4n) is 3.86. The highest BCUT2D eigenvalue weighted by Crippen LogP contribution is 2.40. The fourth-order valence-corrected chi connectivity index (χ4v) is 3.86. The number of aromatic nitrogens is 3. The minimum Gasteiger partial charge on any atom is -0.476 e. The summed E-state index contributed by atoms with van der Waals surface area (Å²) in [7, 11) is 2.12. The van der Waals surface area contributed by atoms with Crippen LogP contribution < -0.4 is 9.47 Å². The molecule has 0 spiro atoms. The SMILES string of the molecule is CCOc1nnc(OCC)c2c(CC)c3c(cc12)c1ccccc1n3C. The van der Waals surface area contributed by atoms with Gasteiger partial charge in [-0.3, -0.25) is 0 Å². The number of hydrogen-bond acceptors (Lipinski definition) is 4. The van der Waals surface area contributed by atoms with E-state index in [9.17, 15) is 0 Å². The Hall–Kier alpha value is -2.82. The van der Waals surface area contributed by atoms with Crippen molar-refractivity contribution in [2.45, 2.75) is 27.2 Å². The number of para-hydroxylation sites is 1. The van der Waals surface area contributed by atoms with Gasteiger partial charge in [0.15, 0.2) is 0 Å². The third kappa shape index (κ3) is 2.30. The predicted molar refractivity (Wildman–Crippen MR) is 105 cm³/mol. The summed E-state index contributed by atoms with van der Waals surface area (Å²) in [5, 5.41) is 13.0. The highest BCUT2D eigenvalue weighted by molar-refractivity contribution is 6.16. The molecule has 0 unspecified atom stereocenters. The number of ether oxygens (including phenoxy) is 2. The smallest absolute Gasteiger partial charge is 0.242 e. The van der Waals surface area contributed by atoms with Crippen LogP contribution in [0.3, 0.4) is 0 Å². The van der Waals surface area contributed by atoms with Crippen LogP contribution in [0.15, 0.2) is 30.3 Å². The third-order valence-corrected chi connectivity index (χ3v) is 4.88. The van der Waals surface area contributed by atoms with Crippen molar-refractivity contribution in [2.24, 2.45) is 7.05 Å². The molecule has 4 rings (SSSR count). The van der Waals surface area contributed by atoms with E-state index in [4.69, 9.17) is 9.47 Å². The van der Waals surface area contributed by atoms with Crippen molar-refractivity contribution >= 4 is 32.6 Å². The number of aryl methyl sites for hydroxylation is 2. The number of hydrogen-bond donors (Lipinski definition) is 0. The van der Waals surface area contributed by atoms with Crippen LogP contribution in [0.4, 0.5) is 0 Å². The van der Waals surface area contributed by atoms with Gasteiger partial charge in [0.05, 0.1) is 29.5 Å². The second-order valence-electron chi connectivity index (χ2n) is 6.28. The molecule has 2 aromatic carbocycles. The first-order chi connectivity index (χ1) is 12.7. The maximum atomic E-state index is 5.82. The zero-order valence-corrected chi connectivity index (χ0v) is 15.7. The van der Waals surface area contributed by atoms with Crippen LogP contribution in [0.5, 0.6) is 11.8 Å². The largest absolute Gasteiger partial charge is 0.476 e. The maximum absolute atomic E-state index is 5.82. The molecule has 26 heavy (non-hydrogen) atoms. The lowest BCUT2D eigenvalue weighted by molar-refractivity contribution is 0.309. The fraction of sp³-hybridized carbons (Fsp3) is 0.333. The van der Waals surface area contributed by atoms with Gasteiger partial charge in [-0.05, 0) is 38.0 Å². The Morgan fingerprint density at radius 1 is 0.885 bits per heavy atom. The predicted octanol–water partition coefficient (Wildman–Crippen LogP) is 4.63. The van der Waals surface area contributed by atoms with E-state index in [1.807, 2.05) is 13.8 Å². The van der Waals surface area contributed by atoms with Gasteiger partial charge in [-0.1, -0.05) is 25.1 Å². The highest BCUT2D eigenvalue weighted by atomic mass is 16.5. The zero-order chi connectivity index (χ0) is 18.3. The molecule has 0 amide bonds. The molecule has 5 nitrogen and oxygen atoms in total. The number of rotatable bonds is 5. The van der Waals surface area contributed by atoms with Crippen molar-refractivity contribution in [3.63, 3.8) is 0 Å². The third-order valence-electron chi connectivity index (χ3n) is 4.88. The lowest BCUT2D eigenvalue weighted by Crippen LogP contribution is -2.04. The van der Waals surface area contributed by atoms with Gasteiger partial charge in [0.25, 0.3) is 0 Å². The summed E-state index contributed by atoms with van der Waals surface area (Å²) in [6, 6.07) is 10.7. The van der Waals surface area contributed by atoms with Gasteiger partial charge in [-0.25, -0.2) is 0 Å². The van der Waals surface area contributed by atoms with Gasteiger partial charge < -0.3 is 14.0 Å². The van der Waals surface area contributed by atoms with Crippen LogP contribution in [0, 0.1) is 0 Å². The molecule has 0 aliphatic carbocycles. The summed E-state index contributed by atoms with van der Waals surface area (Å²) in [4.78, 5) is 0. The van der Waals surface area contributed by atoms with E-state index in [1.54, 1.807) is 0 Å². The van der Waals surface area contributed by atoms with Crippen molar-refractivity contribution in [3.05, 3.63) is 35.9 Å². The van der Waals surface area contributed by atoms with Crippen LogP contribution in [0.2, 0.25) is 0 Å². The molecule has 4 aromatic rings. The lowest BCUT2D eigenvalue weighted by Gasteiger charge is -2.14. The van der Waals surface area contributed by atoms with Crippen molar-refractivity contribution in [1.29, 1.82) is 0 Å². The summed E-state index contributed by atoms with van der Waals surface area (Å²) in [6.45, 7) is 7.19. The molecule has 0 radical (unpaired) electrons. The summed E-state index contributed by atoms with van der Waals surface area (Å²) >= 11 is 0. The zero-order valence-electron chi connectivity index (χ0n) is 15.7. The highest BCUT2D eigenvalue weighted by Gasteiger charge is 2.21. The molecule has 0 aliphatic rings. The van der Waals surface area contributed by atoms with Crippen molar-refractivity contribution < 1.29 is 9.47 Å². The quantitative estimate of drug-likeness (QED) is 0.527. The van der Waals surface area contributed by atoms with E-state index < -0.39 is 0 Å². The molecular formula is C21H23N3O2. The Bertz CT molecular complexity index is 1120. The average molecular weight is 349 g/mol. The van der Waals surface area contributed by atoms with Crippen LogP contribution in [-0.2, 0) is 13.5 Å². The minimum atomic E-state index is 0.548. The van der Waals surface area contributed by atoms with Crippen LogP contribution in [0.1, 0.15) is 26.3 Å². The van der Waals surface area contributed by atoms with Gasteiger partial charge in [-0.2, -0.15) is 0 Å². The second-order valence-corrected chi connectivity index (χ2v) is 6.28. The van der Waals surface area contributed by atoms with Gasteiger partial charge >= 0.3 is 0 Å². The maximum Gasteiger partial charge on any atom is 0.242 e. The van der Waals surface area contributed by atoms with E-state index in [2.05, 4.69) is 59.1 Å². The first-order valence-corrected chi connectivity index (χ1v) is 9.16. The Balaban J connectivity index is 2.25. The molecule has 0 N–H and O–H groups in total. The van der Waals surface area contributed by atoms with Crippen LogP contribution >= 0.6 is 0 Å².